The van der Waals surface area contributed by atoms with Crippen LogP contribution in [0.1, 0.15) is 90.9 Å². The lowest BCUT2D eigenvalue weighted by atomic mass is 10.1. The first-order chi connectivity index (χ1) is 15.2. The van der Waals surface area contributed by atoms with E-state index in [1.165, 1.54) is 13.8 Å². The van der Waals surface area contributed by atoms with E-state index in [2.05, 4.69) is 0 Å². The average molecular weight is 481 g/mol. The fourth-order valence-corrected chi connectivity index (χ4v) is 4.79. The minimum absolute atomic E-state index is 0.0135. The van der Waals surface area contributed by atoms with E-state index in [1.807, 2.05) is 0 Å². The van der Waals surface area contributed by atoms with Crippen LogP contribution in [0.3, 0.4) is 0 Å². The zero-order valence-corrected chi connectivity index (χ0v) is 21.3. The third-order valence-electron chi connectivity index (χ3n) is 5.53. The topological polar surface area (TPSA) is 137 Å². The van der Waals surface area contributed by atoms with Gasteiger partial charge in [-0.1, -0.05) is 13.1 Å². The third-order valence-corrected chi connectivity index (χ3v) is 8.82. The molecule has 0 radical (unpaired) electrons. The number of carbonyl (C=O) groups excluding carboxylic acids is 8. The van der Waals surface area contributed by atoms with Crippen molar-refractivity contribution < 1.29 is 38.4 Å². The smallest absolute Gasteiger partial charge is 0.202 e. The van der Waals surface area contributed by atoms with E-state index in [0.29, 0.717) is 0 Å². The SMILES string of the molecule is CC(=O)CCC(=O)CCC(=O)CCC(=O)[Si](C)(C)C(=O)CCC(=O)CCC(=O)CCC(C)=O. The van der Waals surface area contributed by atoms with E-state index in [9.17, 15) is 38.4 Å². The van der Waals surface area contributed by atoms with Crippen LogP contribution >= 0.6 is 0 Å². The van der Waals surface area contributed by atoms with Gasteiger partial charge < -0.3 is 19.2 Å². The minimum atomic E-state index is -2.97. The number of Topliss-reactive ketones (excluding diaryl/α,β-unsaturated/α-hetero) is 6. The summed E-state index contributed by atoms with van der Waals surface area (Å²) >= 11 is 0. The molecule has 184 valence electrons. The Morgan fingerprint density at radius 3 is 0.848 bits per heavy atom. The first-order valence-electron chi connectivity index (χ1n) is 11.4. The predicted octanol–water partition coefficient (Wildman–Crippen LogP) is 3.05. The second kappa shape index (κ2) is 15.4. The first kappa shape index (κ1) is 30.6. The molecule has 33 heavy (non-hydrogen) atoms. The number of ketones is 6. The van der Waals surface area contributed by atoms with Gasteiger partial charge in [-0.3, -0.25) is 19.2 Å². The second-order valence-electron chi connectivity index (χ2n) is 9.03. The van der Waals surface area contributed by atoms with Crippen molar-refractivity contribution in [2.24, 2.45) is 0 Å². The first-order valence-corrected chi connectivity index (χ1v) is 14.4. The minimum Gasteiger partial charge on any atom is -0.305 e. The summed E-state index contributed by atoms with van der Waals surface area (Å²) in [6, 6.07) is 0. The van der Waals surface area contributed by atoms with Gasteiger partial charge in [0.25, 0.3) is 0 Å². The molecule has 0 rings (SSSR count). The molecule has 0 saturated heterocycles. The Labute approximate surface area is 196 Å². The summed E-state index contributed by atoms with van der Waals surface area (Å²) in [6.45, 7) is 5.99. The Morgan fingerprint density at radius 1 is 0.394 bits per heavy atom. The zero-order chi connectivity index (χ0) is 25.6. The molecule has 0 bridgehead atoms. The van der Waals surface area contributed by atoms with Crippen molar-refractivity contribution in [3.63, 3.8) is 0 Å². The quantitative estimate of drug-likeness (QED) is 0.242. The molecule has 0 amide bonds. The molecule has 0 heterocycles. The number of rotatable bonds is 20. The molecule has 0 aliphatic rings. The predicted molar refractivity (Wildman–Crippen MR) is 124 cm³/mol. The third kappa shape index (κ3) is 14.4. The van der Waals surface area contributed by atoms with Crippen molar-refractivity contribution in [1.82, 2.24) is 0 Å². The molecule has 0 spiro atoms. The van der Waals surface area contributed by atoms with Crippen molar-refractivity contribution in [2.75, 3.05) is 0 Å². The second-order valence-corrected chi connectivity index (χ2v) is 13.4. The van der Waals surface area contributed by atoms with Crippen LogP contribution in [0.15, 0.2) is 0 Å². The summed E-state index contributed by atoms with van der Waals surface area (Å²) in [6.07, 6.45) is 0.445. The summed E-state index contributed by atoms with van der Waals surface area (Å²) in [5, 5.41) is -0.536. The Balaban J connectivity index is 4.34. The van der Waals surface area contributed by atoms with E-state index in [0.717, 1.165) is 0 Å². The van der Waals surface area contributed by atoms with Crippen LogP contribution in [-0.4, -0.2) is 53.6 Å². The van der Waals surface area contributed by atoms with Crippen LogP contribution in [0.4, 0.5) is 0 Å². The van der Waals surface area contributed by atoms with Crippen molar-refractivity contribution in [3.8, 4) is 0 Å². The van der Waals surface area contributed by atoms with Crippen molar-refractivity contribution in [2.45, 2.75) is 104 Å². The van der Waals surface area contributed by atoms with Gasteiger partial charge in [0.05, 0.1) is 0 Å². The monoisotopic (exact) mass is 480 g/mol. The molecule has 0 aliphatic carbocycles. The average Bonchev–Trinajstić information content (AvgIpc) is 2.74. The summed E-state index contributed by atoms with van der Waals surface area (Å²) in [7, 11) is -2.97. The molecule has 0 N–H and O–H groups in total. The molecule has 0 fully saturated rings. The molecule has 9 heteroatoms. The fourth-order valence-electron chi connectivity index (χ4n) is 2.97. The molecule has 0 unspecified atom stereocenters. The summed E-state index contributed by atoms with van der Waals surface area (Å²) in [4.78, 5) is 94.1. The van der Waals surface area contributed by atoms with Crippen LogP contribution in [0.5, 0.6) is 0 Å². The van der Waals surface area contributed by atoms with E-state index in [1.54, 1.807) is 13.1 Å². The van der Waals surface area contributed by atoms with Gasteiger partial charge in [0.15, 0.2) is 0 Å². The van der Waals surface area contributed by atoms with Gasteiger partial charge in [-0.25, -0.2) is 0 Å². The van der Waals surface area contributed by atoms with Crippen LogP contribution in [0.25, 0.3) is 0 Å². The highest BCUT2D eigenvalue weighted by atomic mass is 28.3. The van der Waals surface area contributed by atoms with Gasteiger partial charge >= 0.3 is 0 Å². The molecule has 0 aromatic rings. The van der Waals surface area contributed by atoms with E-state index < -0.39 is 8.07 Å². The van der Waals surface area contributed by atoms with Crippen molar-refractivity contribution in [1.29, 1.82) is 0 Å². The van der Waals surface area contributed by atoms with Gasteiger partial charge in [0, 0.05) is 77.0 Å². The maximum atomic E-state index is 12.5. The van der Waals surface area contributed by atoms with Gasteiger partial charge in [-0.15, -0.1) is 0 Å². The highest BCUT2D eigenvalue weighted by molar-refractivity contribution is 7.23. The van der Waals surface area contributed by atoms with E-state index in [4.69, 9.17) is 0 Å². The molecular formula is C24H36O8Si. The molecule has 0 aromatic carbocycles. The Kier molecular flexibility index (Phi) is 14.3. The van der Waals surface area contributed by atoms with Gasteiger partial charge in [-0.05, 0) is 13.8 Å². The van der Waals surface area contributed by atoms with Crippen LogP contribution < -0.4 is 0 Å². The van der Waals surface area contributed by atoms with Gasteiger partial charge in [0.2, 0.25) is 8.07 Å². The lowest BCUT2D eigenvalue weighted by molar-refractivity contribution is -0.126. The molecule has 0 aliphatic heterocycles. The van der Waals surface area contributed by atoms with E-state index >= 15 is 0 Å². The fraction of sp³-hybridized carbons (Fsp3) is 0.667. The number of carbonyl (C=O) groups is 8. The van der Waals surface area contributed by atoms with Crippen molar-refractivity contribution in [3.05, 3.63) is 0 Å². The number of hydrogen-bond donors (Lipinski definition) is 0. The van der Waals surface area contributed by atoms with Gasteiger partial charge in [0.1, 0.15) is 45.5 Å². The summed E-state index contributed by atoms with van der Waals surface area (Å²) in [5.74, 6) is -0.975. The molecule has 0 saturated carbocycles. The number of hydrogen-bond acceptors (Lipinski definition) is 8. The standard InChI is InChI=1S/C24H36O8Si/c1-17(25)5-7-19(27)9-11-21(29)13-15-23(31)33(3,4)24(32)16-14-22(30)12-10-20(28)8-6-18(2)26/h5-16H2,1-4H3. The van der Waals surface area contributed by atoms with Crippen LogP contribution in [0.2, 0.25) is 13.1 Å². The lowest BCUT2D eigenvalue weighted by Crippen LogP contribution is -2.46. The van der Waals surface area contributed by atoms with Gasteiger partial charge in [-0.2, -0.15) is 0 Å². The molecule has 0 atom stereocenters. The Morgan fingerprint density at radius 2 is 0.606 bits per heavy atom. The summed E-state index contributed by atoms with van der Waals surface area (Å²) < 4.78 is 0. The Bertz CT molecular complexity index is 730. The molecular weight excluding hydrogens is 444 g/mol. The normalized spacial score (nSPS) is 11.0. The summed E-state index contributed by atoms with van der Waals surface area (Å²) in [5.41, 5.74) is 0. The van der Waals surface area contributed by atoms with Crippen LogP contribution in [-0.2, 0) is 38.4 Å². The maximum Gasteiger partial charge on any atom is 0.202 e. The highest BCUT2D eigenvalue weighted by Gasteiger charge is 2.38. The zero-order valence-electron chi connectivity index (χ0n) is 20.3. The lowest BCUT2D eigenvalue weighted by Gasteiger charge is -2.18. The highest BCUT2D eigenvalue weighted by Crippen LogP contribution is 2.15. The van der Waals surface area contributed by atoms with Crippen molar-refractivity contribution >= 4 is 53.6 Å². The maximum absolute atomic E-state index is 12.5. The molecule has 0 aromatic heterocycles. The Hall–Kier alpha value is -2.42. The van der Waals surface area contributed by atoms with E-state index in [-0.39, 0.29) is 123 Å². The molecule has 8 nitrogen and oxygen atoms in total. The van der Waals surface area contributed by atoms with Crippen LogP contribution in [0, 0.1) is 0 Å². The largest absolute Gasteiger partial charge is 0.305 e.